The van der Waals surface area contributed by atoms with Crippen LogP contribution in [-0.4, -0.2) is 20.3 Å². The van der Waals surface area contributed by atoms with Crippen molar-refractivity contribution >= 4 is 34.7 Å². The Morgan fingerprint density at radius 1 is 1.08 bits per heavy atom. The molecule has 0 aliphatic rings. The van der Waals surface area contributed by atoms with Gasteiger partial charge in [0, 0.05) is 10.6 Å². The molecule has 3 aromatic heterocycles. The number of thioether (sulfide) groups is 1. The van der Waals surface area contributed by atoms with Crippen LogP contribution in [0.1, 0.15) is 5.89 Å². The quantitative estimate of drug-likeness (QED) is 0.439. The van der Waals surface area contributed by atoms with E-state index in [0.717, 1.165) is 21.2 Å². The summed E-state index contributed by atoms with van der Waals surface area (Å²) in [6, 6.07) is 15.3. The largest absolute Gasteiger partial charge is 0.338 e. The van der Waals surface area contributed by atoms with E-state index in [4.69, 9.17) is 16.1 Å². The molecule has 0 fully saturated rings. The van der Waals surface area contributed by atoms with Gasteiger partial charge in [0.25, 0.3) is 0 Å². The highest BCUT2D eigenvalue weighted by molar-refractivity contribution is 7.98. The van der Waals surface area contributed by atoms with Gasteiger partial charge in [-0.15, -0.1) is 21.5 Å². The Kier molecular flexibility index (Phi) is 4.78. The minimum absolute atomic E-state index is 0.545. The first-order chi connectivity index (χ1) is 12.3. The molecule has 3 heterocycles. The lowest BCUT2D eigenvalue weighted by Gasteiger charge is -2.02. The van der Waals surface area contributed by atoms with Crippen molar-refractivity contribution in [1.82, 2.24) is 20.3 Å². The van der Waals surface area contributed by atoms with Crippen LogP contribution in [0.15, 0.2) is 63.5 Å². The highest BCUT2D eigenvalue weighted by Gasteiger charge is 2.10. The minimum atomic E-state index is 0.545. The number of nitrogens with zero attached hydrogens (tertiary/aromatic N) is 4. The van der Waals surface area contributed by atoms with Gasteiger partial charge in [-0.2, -0.15) is 4.98 Å². The Morgan fingerprint density at radius 3 is 2.80 bits per heavy atom. The van der Waals surface area contributed by atoms with Gasteiger partial charge in [0.05, 0.1) is 16.3 Å². The minimum Gasteiger partial charge on any atom is -0.338 e. The molecular formula is C17H11ClN4OS2. The molecule has 25 heavy (non-hydrogen) atoms. The van der Waals surface area contributed by atoms with Gasteiger partial charge in [0.1, 0.15) is 5.03 Å². The predicted octanol–water partition coefficient (Wildman–Crippen LogP) is 5.20. The summed E-state index contributed by atoms with van der Waals surface area (Å²) in [5.41, 5.74) is 1.72. The fourth-order valence-corrected chi connectivity index (χ4v) is 3.64. The van der Waals surface area contributed by atoms with E-state index in [0.29, 0.717) is 22.5 Å². The molecule has 0 radical (unpaired) electrons. The average Bonchev–Trinajstić information content (AvgIpc) is 3.32. The molecular weight excluding hydrogens is 376 g/mol. The summed E-state index contributed by atoms with van der Waals surface area (Å²) in [7, 11) is 0. The Morgan fingerprint density at radius 2 is 2.04 bits per heavy atom. The van der Waals surface area contributed by atoms with Crippen molar-refractivity contribution in [2.45, 2.75) is 10.8 Å². The Bertz CT molecular complexity index is 971. The third-order valence-corrected chi connectivity index (χ3v) is 5.32. The Labute approximate surface area is 157 Å². The standard InChI is InChI=1S/C17H11ClN4OS2/c18-12-4-1-3-11(9-12)13-6-7-16(21-20-13)25-10-15-19-17(22-23-15)14-5-2-8-24-14/h1-9H,10H2. The molecule has 0 amide bonds. The lowest BCUT2D eigenvalue weighted by molar-refractivity contribution is 0.392. The van der Waals surface area contributed by atoms with Gasteiger partial charge < -0.3 is 4.52 Å². The van der Waals surface area contributed by atoms with Gasteiger partial charge in [0.15, 0.2) is 0 Å². The molecule has 124 valence electrons. The van der Waals surface area contributed by atoms with Gasteiger partial charge in [-0.3, -0.25) is 0 Å². The number of thiophene rings is 1. The molecule has 0 atom stereocenters. The third-order valence-electron chi connectivity index (χ3n) is 3.31. The first-order valence-electron chi connectivity index (χ1n) is 7.37. The van der Waals surface area contributed by atoms with E-state index in [1.54, 1.807) is 11.3 Å². The summed E-state index contributed by atoms with van der Waals surface area (Å²) in [4.78, 5) is 5.38. The van der Waals surface area contributed by atoms with Gasteiger partial charge in [-0.1, -0.05) is 46.7 Å². The van der Waals surface area contributed by atoms with Gasteiger partial charge in [-0.25, -0.2) is 0 Å². The summed E-state index contributed by atoms with van der Waals surface area (Å²) in [6.45, 7) is 0. The molecule has 0 saturated carbocycles. The van der Waals surface area contributed by atoms with E-state index in [1.165, 1.54) is 11.8 Å². The van der Waals surface area contributed by atoms with Crippen LogP contribution in [0.3, 0.4) is 0 Å². The first-order valence-corrected chi connectivity index (χ1v) is 9.61. The predicted molar refractivity (Wildman–Crippen MR) is 99.7 cm³/mol. The molecule has 4 aromatic rings. The number of hydrogen-bond acceptors (Lipinski definition) is 7. The summed E-state index contributed by atoms with van der Waals surface area (Å²) < 4.78 is 5.28. The molecule has 0 unspecified atom stereocenters. The first kappa shape index (κ1) is 16.3. The zero-order chi connectivity index (χ0) is 17.1. The second kappa shape index (κ2) is 7.35. The summed E-state index contributed by atoms with van der Waals surface area (Å²) >= 11 is 9.09. The lowest BCUT2D eigenvalue weighted by atomic mass is 10.1. The molecule has 0 aliphatic carbocycles. The third kappa shape index (κ3) is 3.89. The highest BCUT2D eigenvalue weighted by atomic mass is 35.5. The second-order valence-corrected chi connectivity index (χ2v) is 7.42. The van der Waals surface area contributed by atoms with E-state index in [1.807, 2.05) is 53.9 Å². The molecule has 0 bridgehead atoms. The lowest BCUT2D eigenvalue weighted by Crippen LogP contribution is -1.90. The topological polar surface area (TPSA) is 64.7 Å². The van der Waals surface area contributed by atoms with E-state index in [-0.39, 0.29) is 0 Å². The molecule has 0 N–H and O–H groups in total. The molecule has 0 spiro atoms. The van der Waals surface area contributed by atoms with Crippen LogP contribution in [0.2, 0.25) is 5.02 Å². The molecule has 4 rings (SSSR count). The number of rotatable bonds is 5. The fraction of sp³-hybridized carbons (Fsp3) is 0.0588. The fourth-order valence-electron chi connectivity index (χ4n) is 2.15. The smallest absolute Gasteiger partial charge is 0.237 e. The van der Waals surface area contributed by atoms with Gasteiger partial charge in [0.2, 0.25) is 11.7 Å². The van der Waals surface area contributed by atoms with Gasteiger partial charge in [-0.05, 0) is 35.7 Å². The molecule has 1 aromatic carbocycles. The van der Waals surface area contributed by atoms with Gasteiger partial charge >= 0.3 is 0 Å². The van der Waals surface area contributed by atoms with Crippen LogP contribution in [0, 0.1) is 0 Å². The van der Waals surface area contributed by atoms with Crippen LogP contribution < -0.4 is 0 Å². The normalized spacial score (nSPS) is 10.9. The van der Waals surface area contributed by atoms with Crippen LogP contribution in [0.5, 0.6) is 0 Å². The van der Waals surface area contributed by atoms with E-state index in [2.05, 4.69) is 20.3 Å². The van der Waals surface area contributed by atoms with E-state index < -0.39 is 0 Å². The Hall–Kier alpha value is -2.22. The van der Waals surface area contributed by atoms with Crippen molar-refractivity contribution < 1.29 is 4.52 Å². The van der Waals surface area contributed by atoms with Crippen molar-refractivity contribution in [3.63, 3.8) is 0 Å². The van der Waals surface area contributed by atoms with Crippen molar-refractivity contribution in [2.24, 2.45) is 0 Å². The zero-order valence-corrected chi connectivity index (χ0v) is 15.2. The monoisotopic (exact) mass is 386 g/mol. The van der Waals surface area contributed by atoms with Crippen molar-refractivity contribution in [2.75, 3.05) is 0 Å². The van der Waals surface area contributed by atoms with E-state index >= 15 is 0 Å². The van der Waals surface area contributed by atoms with E-state index in [9.17, 15) is 0 Å². The SMILES string of the molecule is Clc1cccc(-c2ccc(SCc3nc(-c4cccs4)no3)nn2)c1. The van der Waals surface area contributed by atoms with Crippen LogP contribution >= 0.6 is 34.7 Å². The maximum absolute atomic E-state index is 6.01. The van der Waals surface area contributed by atoms with Crippen LogP contribution in [0.4, 0.5) is 0 Å². The maximum Gasteiger partial charge on any atom is 0.237 e. The summed E-state index contributed by atoms with van der Waals surface area (Å²) in [5.74, 6) is 1.73. The van der Waals surface area contributed by atoms with Crippen LogP contribution in [-0.2, 0) is 5.75 Å². The number of benzene rings is 1. The van der Waals surface area contributed by atoms with Crippen molar-refractivity contribution in [3.05, 3.63) is 64.8 Å². The second-order valence-electron chi connectivity index (χ2n) is 5.04. The number of hydrogen-bond donors (Lipinski definition) is 0. The number of halogens is 1. The number of aromatic nitrogens is 4. The average molecular weight is 387 g/mol. The molecule has 0 aliphatic heterocycles. The molecule has 0 saturated heterocycles. The highest BCUT2D eigenvalue weighted by Crippen LogP contribution is 2.26. The summed E-state index contributed by atoms with van der Waals surface area (Å²) in [6.07, 6.45) is 0. The van der Waals surface area contributed by atoms with Crippen molar-refractivity contribution in [3.8, 4) is 22.0 Å². The van der Waals surface area contributed by atoms with Crippen molar-refractivity contribution in [1.29, 1.82) is 0 Å². The molecule has 8 heteroatoms. The molecule has 5 nitrogen and oxygen atoms in total. The summed E-state index contributed by atoms with van der Waals surface area (Å²) in [5, 5.41) is 15.9. The zero-order valence-electron chi connectivity index (χ0n) is 12.8. The Balaban J connectivity index is 1.42. The maximum atomic E-state index is 6.01. The van der Waals surface area contributed by atoms with Crippen LogP contribution in [0.25, 0.3) is 22.0 Å².